The van der Waals surface area contributed by atoms with Crippen LogP contribution in [0.15, 0.2) is 30.3 Å². The molecule has 1 atom stereocenters. The van der Waals surface area contributed by atoms with Gasteiger partial charge < -0.3 is 10.5 Å². The molecule has 1 unspecified atom stereocenters. The lowest BCUT2D eigenvalue weighted by Gasteiger charge is -2.17. The second kappa shape index (κ2) is 7.13. The molecule has 112 valence electrons. The first-order chi connectivity index (χ1) is 9.93. The highest BCUT2D eigenvalue weighted by Crippen LogP contribution is 2.36. The van der Waals surface area contributed by atoms with E-state index < -0.39 is 6.04 Å². The van der Waals surface area contributed by atoms with E-state index in [4.69, 9.17) is 33.7 Å². The lowest BCUT2D eigenvalue weighted by atomic mass is 9.99. The van der Waals surface area contributed by atoms with E-state index in [1.54, 1.807) is 18.2 Å². The molecule has 0 saturated carbocycles. The Morgan fingerprint density at radius 1 is 1.19 bits per heavy atom. The lowest BCUT2D eigenvalue weighted by Crippen LogP contribution is -2.14. The molecule has 0 heterocycles. The molecule has 6 heteroatoms. The summed E-state index contributed by atoms with van der Waals surface area (Å²) in [6.07, 6.45) is 0. The first-order valence-electron chi connectivity index (χ1n) is 6.26. The van der Waals surface area contributed by atoms with Crippen LogP contribution in [0, 0.1) is 9.39 Å². The van der Waals surface area contributed by atoms with Gasteiger partial charge >= 0.3 is 0 Å². The van der Waals surface area contributed by atoms with Crippen molar-refractivity contribution in [2.45, 2.75) is 13.0 Å². The van der Waals surface area contributed by atoms with Crippen molar-refractivity contribution in [2.75, 3.05) is 6.61 Å². The second-order valence-electron chi connectivity index (χ2n) is 4.38. The van der Waals surface area contributed by atoms with Crippen molar-refractivity contribution in [1.82, 2.24) is 0 Å². The molecule has 21 heavy (non-hydrogen) atoms. The maximum absolute atomic E-state index is 13.2. The summed E-state index contributed by atoms with van der Waals surface area (Å²) in [7, 11) is 0. The van der Waals surface area contributed by atoms with Gasteiger partial charge in [-0.05, 0) is 58.8 Å². The van der Waals surface area contributed by atoms with Gasteiger partial charge in [0.25, 0.3) is 0 Å². The van der Waals surface area contributed by atoms with Gasteiger partial charge in [0.1, 0.15) is 11.6 Å². The highest BCUT2D eigenvalue weighted by atomic mass is 127. The monoisotopic (exact) mass is 439 g/mol. The molecule has 0 fully saturated rings. The maximum atomic E-state index is 13.2. The second-order valence-corrected chi connectivity index (χ2v) is 6.36. The quantitative estimate of drug-likeness (QED) is 0.666. The third-order valence-electron chi connectivity index (χ3n) is 2.98. The molecule has 2 rings (SSSR count). The van der Waals surface area contributed by atoms with E-state index >= 15 is 0 Å². The van der Waals surface area contributed by atoms with E-state index in [0.29, 0.717) is 28.0 Å². The van der Waals surface area contributed by atoms with Gasteiger partial charge in [-0.1, -0.05) is 29.3 Å². The summed E-state index contributed by atoms with van der Waals surface area (Å²) in [5, 5.41) is 0.916. The summed E-state index contributed by atoms with van der Waals surface area (Å²) in [6, 6.07) is 7.32. The van der Waals surface area contributed by atoms with Crippen LogP contribution in [0.4, 0.5) is 4.39 Å². The van der Waals surface area contributed by atoms with Gasteiger partial charge in [-0.3, -0.25) is 0 Å². The van der Waals surface area contributed by atoms with Gasteiger partial charge in [0.2, 0.25) is 0 Å². The predicted molar refractivity (Wildman–Crippen MR) is 92.8 cm³/mol. The minimum atomic E-state index is -0.488. The molecule has 0 amide bonds. The molecule has 0 spiro atoms. The Morgan fingerprint density at radius 3 is 2.52 bits per heavy atom. The summed E-state index contributed by atoms with van der Waals surface area (Å²) in [5.74, 6) is 0.222. The Balaban J connectivity index is 2.43. The standard InChI is InChI=1S/C15H13Cl2FINO/c1-2-21-14-7-11(16)10(6-12(14)17)15(20)9-4-3-8(18)5-13(9)19/h3-7,15H,2,20H2,1H3. The van der Waals surface area contributed by atoms with E-state index in [1.165, 1.54) is 12.1 Å². The SMILES string of the molecule is CCOc1cc(Cl)c(C(N)c2ccc(F)cc2I)cc1Cl. The minimum Gasteiger partial charge on any atom is -0.492 e. The average molecular weight is 440 g/mol. The zero-order valence-electron chi connectivity index (χ0n) is 11.2. The molecule has 0 bridgehead atoms. The Labute approximate surface area is 146 Å². The third-order valence-corrected chi connectivity index (χ3v) is 4.54. The summed E-state index contributed by atoms with van der Waals surface area (Å²) in [5.41, 5.74) is 7.72. The van der Waals surface area contributed by atoms with Gasteiger partial charge in [-0.25, -0.2) is 4.39 Å². The molecule has 2 aromatic rings. The van der Waals surface area contributed by atoms with Crippen molar-refractivity contribution in [3.05, 3.63) is 60.9 Å². The van der Waals surface area contributed by atoms with Crippen molar-refractivity contribution < 1.29 is 9.13 Å². The van der Waals surface area contributed by atoms with Crippen LogP contribution in [0.25, 0.3) is 0 Å². The fraction of sp³-hybridized carbons (Fsp3) is 0.200. The molecule has 0 aliphatic rings. The van der Waals surface area contributed by atoms with Crippen LogP contribution >= 0.6 is 45.8 Å². The van der Waals surface area contributed by atoms with Crippen LogP contribution in [0.2, 0.25) is 10.0 Å². The zero-order valence-corrected chi connectivity index (χ0v) is 14.8. The lowest BCUT2D eigenvalue weighted by molar-refractivity contribution is 0.340. The van der Waals surface area contributed by atoms with Crippen molar-refractivity contribution in [3.8, 4) is 5.75 Å². The van der Waals surface area contributed by atoms with Crippen LogP contribution in [0.1, 0.15) is 24.1 Å². The minimum absolute atomic E-state index is 0.300. The van der Waals surface area contributed by atoms with Crippen molar-refractivity contribution in [1.29, 1.82) is 0 Å². The Bertz CT molecular complexity index is 666. The third kappa shape index (κ3) is 3.80. The first-order valence-corrected chi connectivity index (χ1v) is 8.09. The van der Waals surface area contributed by atoms with Crippen LogP contribution in [-0.4, -0.2) is 6.61 Å². The Kier molecular flexibility index (Phi) is 5.71. The molecule has 0 saturated heterocycles. The van der Waals surface area contributed by atoms with Crippen LogP contribution in [0.5, 0.6) is 5.75 Å². The smallest absolute Gasteiger partial charge is 0.139 e. The number of benzene rings is 2. The van der Waals surface area contributed by atoms with E-state index in [9.17, 15) is 4.39 Å². The molecular formula is C15H13Cl2FINO. The van der Waals surface area contributed by atoms with E-state index in [1.807, 2.05) is 29.5 Å². The molecule has 0 aliphatic carbocycles. The average Bonchev–Trinajstić information content (AvgIpc) is 2.42. The van der Waals surface area contributed by atoms with E-state index in [-0.39, 0.29) is 5.82 Å². The molecule has 0 aromatic heterocycles. The summed E-state index contributed by atoms with van der Waals surface area (Å²) >= 11 is 14.5. The highest BCUT2D eigenvalue weighted by Gasteiger charge is 2.18. The molecular weight excluding hydrogens is 427 g/mol. The molecule has 2 aromatic carbocycles. The first kappa shape index (κ1) is 16.8. The van der Waals surface area contributed by atoms with Gasteiger partial charge in [0.15, 0.2) is 0 Å². The van der Waals surface area contributed by atoms with Crippen molar-refractivity contribution >= 4 is 45.8 Å². The molecule has 0 aliphatic heterocycles. The van der Waals surface area contributed by atoms with E-state index in [0.717, 1.165) is 9.13 Å². The zero-order chi connectivity index (χ0) is 15.6. The van der Waals surface area contributed by atoms with Gasteiger partial charge in [-0.2, -0.15) is 0 Å². The molecule has 2 nitrogen and oxygen atoms in total. The number of hydrogen-bond acceptors (Lipinski definition) is 2. The summed E-state index contributed by atoms with van der Waals surface area (Å²) in [4.78, 5) is 0. The van der Waals surface area contributed by atoms with Gasteiger partial charge in [-0.15, -0.1) is 0 Å². The van der Waals surface area contributed by atoms with Crippen LogP contribution < -0.4 is 10.5 Å². The number of hydrogen-bond donors (Lipinski definition) is 1. The van der Waals surface area contributed by atoms with Crippen LogP contribution in [-0.2, 0) is 0 Å². The summed E-state index contributed by atoms with van der Waals surface area (Å²) in [6.45, 7) is 2.36. The fourth-order valence-corrected chi connectivity index (χ4v) is 3.28. The normalized spacial score (nSPS) is 12.3. The molecule has 2 N–H and O–H groups in total. The fourth-order valence-electron chi connectivity index (χ4n) is 1.97. The highest BCUT2D eigenvalue weighted by molar-refractivity contribution is 14.1. The number of rotatable bonds is 4. The van der Waals surface area contributed by atoms with Crippen LogP contribution in [0.3, 0.4) is 0 Å². The van der Waals surface area contributed by atoms with Gasteiger partial charge in [0, 0.05) is 14.7 Å². The predicted octanol–water partition coefficient (Wildman–Crippen LogP) is 5.18. The number of nitrogens with two attached hydrogens (primary N) is 1. The number of halogens is 4. The molecule has 0 radical (unpaired) electrons. The van der Waals surface area contributed by atoms with E-state index in [2.05, 4.69) is 0 Å². The Morgan fingerprint density at radius 2 is 1.90 bits per heavy atom. The Hall–Kier alpha value is -0.560. The number of ether oxygens (including phenoxy) is 1. The summed E-state index contributed by atoms with van der Waals surface area (Å²) < 4.78 is 19.3. The topological polar surface area (TPSA) is 35.2 Å². The maximum Gasteiger partial charge on any atom is 0.139 e. The largest absolute Gasteiger partial charge is 0.492 e. The van der Waals surface area contributed by atoms with Crippen molar-refractivity contribution in [3.63, 3.8) is 0 Å². The van der Waals surface area contributed by atoms with Gasteiger partial charge in [0.05, 0.1) is 17.7 Å². The van der Waals surface area contributed by atoms with Crippen molar-refractivity contribution in [2.24, 2.45) is 5.73 Å².